The van der Waals surface area contributed by atoms with Gasteiger partial charge in [0.05, 0.1) is 0 Å². The summed E-state index contributed by atoms with van der Waals surface area (Å²) in [7, 11) is 0. The lowest BCUT2D eigenvalue weighted by Gasteiger charge is -2.13. The molecule has 88 valence electrons. The Hall–Kier alpha value is -1.28. The normalized spacial score (nSPS) is 10.5. The van der Waals surface area contributed by atoms with Crippen molar-refractivity contribution in [1.82, 2.24) is 0 Å². The number of aromatic hydroxyl groups is 1. The molecule has 0 aliphatic heterocycles. The fourth-order valence-corrected chi connectivity index (χ4v) is 2.50. The van der Waals surface area contributed by atoms with Crippen molar-refractivity contribution in [2.45, 2.75) is 13.3 Å². The van der Waals surface area contributed by atoms with E-state index in [0.717, 1.165) is 28.4 Å². The molecule has 0 saturated carbocycles. The van der Waals surface area contributed by atoms with E-state index in [4.69, 9.17) is 0 Å². The number of halogens is 1. The topological polar surface area (TPSA) is 20.2 Å². The van der Waals surface area contributed by atoms with Crippen LogP contribution in [0.3, 0.4) is 0 Å². The Bertz CT molecular complexity index is 506. The Labute approximate surface area is 110 Å². The van der Waals surface area contributed by atoms with Gasteiger partial charge in [-0.1, -0.05) is 46.3 Å². The lowest BCUT2D eigenvalue weighted by atomic mass is 9.94. The zero-order valence-electron chi connectivity index (χ0n) is 9.78. The molecule has 2 rings (SSSR count). The number of hydrogen-bond donors (Lipinski definition) is 1. The van der Waals surface area contributed by atoms with Gasteiger partial charge in [-0.05, 0) is 47.7 Å². The van der Waals surface area contributed by atoms with Crippen molar-refractivity contribution in [3.63, 3.8) is 0 Å². The summed E-state index contributed by atoms with van der Waals surface area (Å²) in [6.07, 6.45) is 0.969. The smallest absolute Gasteiger partial charge is 0.116 e. The second-order valence-electron chi connectivity index (χ2n) is 4.09. The van der Waals surface area contributed by atoms with Crippen LogP contribution in [0, 0.1) is 6.92 Å². The van der Waals surface area contributed by atoms with E-state index in [0.29, 0.717) is 5.75 Å². The van der Waals surface area contributed by atoms with Gasteiger partial charge in [0.1, 0.15) is 5.75 Å². The summed E-state index contributed by atoms with van der Waals surface area (Å²) in [5.41, 5.74) is 4.72. The van der Waals surface area contributed by atoms with E-state index in [9.17, 15) is 5.11 Å². The minimum Gasteiger partial charge on any atom is -0.508 e. The first-order valence-electron chi connectivity index (χ1n) is 5.66. The molecule has 0 unspecified atom stereocenters. The summed E-state index contributed by atoms with van der Waals surface area (Å²) < 4.78 is 0. The van der Waals surface area contributed by atoms with Crippen LogP contribution in [-0.4, -0.2) is 10.4 Å². The maximum Gasteiger partial charge on any atom is 0.116 e. The quantitative estimate of drug-likeness (QED) is 0.836. The molecule has 2 aromatic rings. The van der Waals surface area contributed by atoms with Crippen molar-refractivity contribution >= 4 is 15.9 Å². The molecule has 2 heteroatoms. The van der Waals surface area contributed by atoms with Gasteiger partial charge in [0.15, 0.2) is 0 Å². The maximum atomic E-state index is 9.74. The Morgan fingerprint density at radius 1 is 1.12 bits per heavy atom. The molecule has 1 N–H and O–H groups in total. The van der Waals surface area contributed by atoms with Crippen LogP contribution in [0.4, 0.5) is 0 Å². The van der Waals surface area contributed by atoms with Crippen molar-refractivity contribution in [1.29, 1.82) is 0 Å². The van der Waals surface area contributed by atoms with E-state index in [1.54, 1.807) is 0 Å². The first kappa shape index (κ1) is 12.2. The highest BCUT2D eigenvalue weighted by molar-refractivity contribution is 9.09. The summed E-state index contributed by atoms with van der Waals surface area (Å²) >= 11 is 3.48. The van der Waals surface area contributed by atoms with Gasteiger partial charge in [-0.3, -0.25) is 0 Å². The molecular weight excluding hydrogens is 276 g/mol. The number of hydrogen-bond acceptors (Lipinski definition) is 1. The predicted molar refractivity (Wildman–Crippen MR) is 75.8 cm³/mol. The summed E-state index contributed by atoms with van der Waals surface area (Å²) in [6, 6.07) is 13.9. The zero-order valence-corrected chi connectivity index (χ0v) is 11.4. The Morgan fingerprint density at radius 3 is 2.47 bits per heavy atom. The van der Waals surface area contributed by atoms with E-state index in [1.807, 2.05) is 37.3 Å². The second kappa shape index (κ2) is 5.37. The Balaban J connectivity index is 2.59. The van der Waals surface area contributed by atoms with E-state index in [1.165, 1.54) is 5.56 Å². The Kier molecular flexibility index (Phi) is 3.85. The third-order valence-corrected chi connectivity index (χ3v) is 3.28. The van der Waals surface area contributed by atoms with Gasteiger partial charge in [0.25, 0.3) is 0 Å². The van der Waals surface area contributed by atoms with Gasteiger partial charge in [-0.25, -0.2) is 0 Å². The molecule has 0 heterocycles. The molecule has 1 nitrogen and oxygen atoms in total. The minimum atomic E-state index is 0.333. The lowest BCUT2D eigenvalue weighted by Crippen LogP contribution is -1.95. The van der Waals surface area contributed by atoms with Crippen molar-refractivity contribution < 1.29 is 5.11 Å². The van der Waals surface area contributed by atoms with Crippen LogP contribution in [0.5, 0.6) is 5.75 Å². The van der Waals surface area contributed by atoms with Crippen molar-refractivity contribution in [3.8, 4) is 16.9 Å². The van der Waals surface area contributed by atoms with Crippen LogP contribution in [0.1, 0.15) is 11.1 Å². The van der Waals surface area contributed by atoms with E-state index < -0.39 is 0 Å². The first-order valence-corrected chi connectivity index (χ1v) is 6.78. The molecule has 17 heavy (non-hydrogen) atoms. The summed E-state index contributed by atoms with van der Waals surface area (Å²) in [6.45, 7) is 2.05. The van der Waals surface area contributed by atoms with Crippen LogP contribution in [-0.2, 0) is 6.42 Å². The summed E-state index contributed by atoms with van der Waals surface area (Å²) in [4.78, 5) is 0. The number of benzene rings is 2. The monoisotopic (exact) mass is 290 g/mol. The number of phenolic OH excluding ortho intramolecular Hbond substituents is 1. The molecule has 0 aliphatic carbocycles. The van der Waals surface area contributed by atoms with Crippen LogP contribution in [0.2, 0.25) is 0 Å². The number of phenols is 1. The van der Waals surface area contributed by atoms with Gasteiger partial charge in [-0.2, -0.15) is 0 Å². The average Bonchev–Trinajstić information content (AvgIpc) is 2.33. The number of rotatable bonds is 3. The molecule has 0 saturated heterocycles. The van der Waals surface area contributed by atoms with Gasteiger partial charge < -0.3 is 5.11 Å². The fourth-order valence-electron chi connectivity index (χ4n) is 2.10. The third kappa shape index (κ3) is 2.70. The molecule has 0 aliphatic rings. The molecule has 0 atom stereocenters. The van der Waals surface area contributed by atoms with Crippen LogP contribution in [0.15, 0.2) is 42.5 Å². The van der Waals surface area contributed by atoms with E-state index >= 15 is 0 Å². The molecular formula is C15H15BrO. The fraction of sp³-hybridized carbons (Fsp3) is 0.200. The van der Waals surface area contributed by atoms with Crippen molar-refractivity contribution in [2.75, 3.05) is 5.33 Å². The largest absolute Gasteiger partial charge is 0.508 e. The van der Waals surface area contributed by atoms with E-state index in [-0.39, 0.29) is 0 Å². The van der Waals surface area contributed by atoms with Crippen molar-refractivity contribution in [3.05, 3.63) is 53.6 Å². The number of alkyl halides is 1. The van der Waals surface area contributed by atoms with Gasteiger partial charge in [0.2, 0.25) is 0 Å². The molecule has 0 aromatic heterocycles. The molecule has 0 bridgehead atoms. The minimum absolute atomic E-state index is 0.333. The number of aryl methyl sites for hydroxylation is 1. The standard InChI is InChI=1S/C15H15BrO/c1-11-9-13(17)10-15(14(11)7-8-16)12-5-3-2-4-6-12/h2-6,9-10,17H,7-8H2,1H3. The van der Waals surface area contributed by atoms with Gasteiger partial charge in [0, 0.05) is 5.33 Å². The van der Waals surface area contributed by atoms with Crippen LogP contribution < -0.4 is 0 Å². The second-order valence-corrected chi connectivity index (χ2v) is 4.89. The lowest BCUT2D eigenvalue weighted by molar-refractivity contribution is 0.475. The molecule has 0 fully saturated rings. The third-order valence-electron chi connectivity index (χ3n) is 2.89. The maximum absolute atomic E-state index is 9.74. The zero-order chi connectivity index (χ0) is 12.3. The highest BCUT2D eigenvalue weighted by Gasteiger charge is 2.09. The molecule has 0 radical (unpaired) electrons. The Morgan fingerprint density at radius 2 is 1.82 bits per heavy atom. The highest BCUT2D eigenvalue weighted by Crippen LogP contribution is 2.30. The SMILES string of the molecule is Cc1cc(O)cc(-c2ccccc2)c1CCBr. The van der Waals surface area contributed by atoms with Crippen molar-refractivity contribution in [2.24, 2.45) is 0 Å². The van der Waals surface area contributed by atoms with E-state index in [2.05, 4.69) is 28.1 Å². The summed E-state index contributed by atoms with van der Waals surface area (Å²) in [5, 5.41) is 10.7. The molecule has 2 aromatic carbocycles. The molecule has 0 amide bonds. The van der Waals surface area contributed by atoms with Gasteiger partial charge in [-0.15, -0.1) is 0 Å². The predicted octanol–water partition coefficient (Wildman–Crippen LogP) is 4.31. The summed E-state index contributed by atoms with van der Waals surface area (Å²) in [5.74, 6) is 0.333. The highest BCUT2D eigenvalue weighted by atomic mass is 79.9. The first-order chi connectivity index (χ1) is 8.22. The van der Waals surface area contributed by atoms with Crippen LogP contribution >= 0.6 is 15.9 Å². The average molecular weight is 291 g/mol. The van der Waals surface area contributed by atoms with Crippen LogP contribution in [0.25, 0.3) is 11.1 Å². The van der Waals surface area contributed by atoms with Gasteiger partial charge >= 0.3 is 0 Å². The molecule has 0 spiro atoms.